The SMILES string of the molecule is CC1CCCN(c2nc(Cl)nc3[nH]ncc23)CC1. The number of halogens is 1. The first-order valence-corrected chi connectivity index (χ1v) is 6.73. The van der Waals surface area contributed by atoms with Gasteiger partial charge in [0.2, 0.25) is 5.28 Å². The summed E-state index contributed by atoms with van der Waals surface area (Å²) in [6.45, 7) is 4.36. The smallest absolute Gasteiger partial charge is 0.226 e. The predicted molar refractivity (Wildman–Crippen MR) is 71.9 cm³/mol. The number of hydrogen-bond donors (Lipinski definition) is 1. The van der Waals surface area contributed by atoms with Crippen LogP contribution in [0, 0.1) is 5.92 Å². The van der Waals surface area contributed by atoms with E-state index in [1.54, 1.807) is 6.20 Å². The maximum atomic E-state index is 5.97. The van der Waals surface area contributed by atoms with Crippen LogP contribution in [-0.4, -0.2) is 33.3 Å². The van der Waals surface area contributed by atoms with Crippen LogP contribution in [0.4, 0.5) is 5.82 Å². The molecule has 6 heteroatoms. The number of hydrogen-bond acceptors (Lipinski definition) is 4. The molecule has 0 radical (unpaired) electrons. The average molecular weight is 266 g/mol. The largest absolute Gasteiger partial charge is 0.356 e. The molecule has 0 aromatic carbocycles. The van der Waals surface area contributed by atoms with Crippen LogP contribution in [0.2, 0.25) is 5.28 Å². The lowest BCUT2D eigenvalue weighted by molar-refractivity contribution is 0.521. The van der Waals surface area contributed by atoms with E-state index in [-0.39, 0.29) is 5.28 Å². The normalized spacial score (nSPS) is 21.2. The van der Waals surface area contributed by atoms with E-state index in [1.807, 2.05) is 0 Å². The Bertz CT molecular complexity index is 552. The number of fused-ring (bicyclic) bond motifs is 1. The second-order valence-electron chi connectivity index (χ2n) is 4.97. The number of nitrogens with zero attached hydrogens (tertiary/aromatic N) is 4. The third kappa shape index (κ3) is 2.14. The number of aromatic amines is 1. The molecule has 0 aliphatic carbocycles. The van der Waals surface area contributed by atoms with Gasteiger partial charge >= 0.3 is 0 Å². The Hall–Kier alpha value is -1.36. The number of nitrogens with one attached hydrogen (secondary N) is 1. The van der Waals surface area contributed by atoms with Crippen LogP contribution in [0.15, 0.2) is 6.20 Å². The molecule has 1 aliphatic heterocycles. The van der Waals surface area contributed by atoms with Gasteiger partial charge < -0.3 is 4.90 Å². The van der Waals surface area contributed by atoms with Crippen molar-refractivity contribution in [2.45, 2.75) is 26.2 Å². The lowest BCUT2D eigenvalue weighted by Crippen LogP contribution is -2.25. The lowest BCUT2D eigenvalue weighted by atomic mass is 10.0. The van der Waals surface area contributed by atoms with E-state index in [2.05, 4.69) is 32.0 Å². The molecular weight excluding hydrogens is 250 g/mol. The van der Waals surface area contributed by atoms with E-state index >= 15 is 0 Å². The van der Waals surface area contributed by atoms with Gasteiger partial charge in [-0.25, -0.2) is 0 Å². The third-order valence-electron chi connectivity index (χ3n) is 3.58. The van der Waals surface area contributed by atoms with Gasteiger partial charge in [0.15, 0.2) is 5.65 Å². The molecule has 2 aromatic rings. The monoisotopic (exact) mass is 265 g/mol. The molecule has 1 atom stereocenters. The van der Waals surface area contributed by atoms with Gasteiger partial charge in [-0.05, 0) is 36.8 Å². The summed E-state index contributed by atoms with van der Waals surface area (Å²) in [5.41, 5.74) is 0.710. The van der Waals surface area contributed by atoms with Crippen LogP contribution in [0.25, 0.3) is 11.0 Å². The minimum absolute atomic E-state index is 0.277. The van der Waals surface area contributed by atoms with E-state index in [4.69, 9.17) is 11.6 Å². The Morgan fingerprint density at radius 3 is 3.11 bits per heavy atom. The Kier molecular flexibility index (Phi) is 3.07. The quantitative estimate of drug-likeness (QED) is 0.806. The van der Waals surface area contributed by atoms with Crippen LogP contribution in [0.5, 0.6) is 0 Å². The van der Waals surface area contributed by atoms with Gasteiger partial charge in [-0.1, -0.05) is 6.92 Å². The van der Waals surface area contributed by atoms with Crippen molar-refractivity contribution >= 4 is 28.5 Å². The standard InChI is InChI=1S/C12H16ClN5/c1-8-3-2-5-18(6-4-8)11-9-7-14-17-10(9)15-12(13)16-11/h7-8H,2-6H2,1H3,(H,14,15,16,17). The van der Waals surface area contributed by atoms with Gasteiger partial charge in [0, 0.05) is 13.1 Å². The lowest BCUT2D eigenvalue weighted by Gasteiger charge is -2.22. The fraction of sp³-hybridized carbons (Fsp3) is 0.583. The number of rotatable bonds is 1. The van der Waals surface area contributed by atoms with Gasteiger partial charge in [0.1, 0.15) is 5.82 Å². The highest BCUT2D eigenvalue weighted by atomic mass is 35.5. The topological polar surface area (TPSA) is 57.7 Å². The molecule has 0 bridgehead atoms. The van der Waals surface area contributed by atoms with E-state index in [1.165, 1.54) is 19.3 Å². The molecule has 18 heavy (non-hydrogen) atoms. The molecule has 1 unspecified atom stereocenters. The maximum absolute atomic E-state index is 5.97. The summed E-state index contributed by atoms with van der Waals surface area (Å²) in [4.78, 5) is 10.8. The van der Waals surface area contributed by atoms with Crippen molar-refractivity contribution in [1.82, 2.24) is 20.2 Å². The first-order chi connectivity index (χ1) is 8.74. The minimum atomic E-state index is 0.277. The second-order valence-corrected chi connectivity index (χ2v) is 5.31. The van der Waals surface area contributed by atoms with Crippen LogP contribution in [0.3, 0.4) is 0 Å². The molecule has 2 aromatic heterocycles. The molecule has 96 valence electrons. The summed E-state index contributed by atoms with van der Waals surface area (Å²) in [5, 5.41) is 8.11. The molecule has 1 aliphatic rings. The van der Waals surface area contributed by atoms with Crippen LogP contribution in [0.1, 0.15) is 26.2 Å². The molecule has 1 N–H and O–H groups in total. The fourth-order valence-corrected chi connectivity index (χ4v) is 2.67. The Balaban J connectivity index is 1.99. The van der Waals surface area contributed by atoms with E-state index in [0.717, 1.165) is 30.2 Å². The summed E-state index contributed by atoms with van der Waals surface area (Å²) < 4.78 is 0. The molecule has 0 amide bonds. The van der Waals surface area contributed by atoms with E-state index in [0.29, 0.717) is 5.65 Å². The van der Waals surface area contributed by atoms with Crippen molar-refractivity contribution in [3.8, 4) is 0 Å². The van der Waals surface area contributed by atoms with Crippen LogP contribution < -0.4 is 4.90 Å². The zero-order valence-electron chi connectivity index (χ0n) is 10.4. The highest BCUT2D eigenvalue weighted by Crippen LogP contribution is 2.27. The van der Waals surface area contributed by atoms with Crippen LogP contribution in [-0.2, 0) is 0 Å². The number of H-pyrrole nitrogens is 1. The minimum Gasteiger partial charge on any atom is -0.356 e. The third-order valence-corrected chi connectivity index (χ3v) is 3.75. The summed E-state index contributed by atoms with van der Waals surface area (Å²) >= 11 is 5.97. The predicted octanol–water partition coefficient (Wildman–Crippen LogP) is 2.63. The van der Waals surface area contributed by atoms with Crippen molar-refractivity contribution in [1.29, 1.82) is 0 Å². The van der Waals surface area contributed by atoms with Crippen molar-refractivity contribution in [2.75, 3.05) is 18.0 Å². The molecule has 1 saturated heterocycles. The van der Waals surface area contributed by atoms with Crippen LogP contribution >= 0.6 is 11.6 Å². The number of aromatic nitrogens is 4. The van der Waals surface area contributed by atoms with Gasteiger partial charge in [-0.15, -0.1) is 0 Å². The van der Waals surface area contributed by atoms with E-state index in [9.17, 15) is 0 Å². The van der Waals surface area contributed by atoms with Crippen molar-refractivity contribution in [3.05, 3.63) is 11.5 Å². The average Bonchev–Trinajstić information content (AvgIpc) is 2.70. The van der Waals surface area contributed by atoms with Gasteiger partial charge in [0.25, 0.3) is 0 Å². The first-order valence-electron chi connectivity index (χ1n) is 6.35. The second kappa shape index (κ2) is 4.72. The molecule has 5 nitrogen and oxygen atoms in total. The molecule has 0 spiro atoms. The van der Waals surface area contributed by atoms with E-state index < -0.39 is 0 Å². The molecule has 3 rings (SSSR count). The fourth-order valence-electron chi connectivity index (χ4n) is 2.51. The van der Waals surface area contributed by atoms with Gasteiger partial charge in [-0.2, -0.15) is 15.1 Å². The zero-order valence-corrected chi connectivity index (χ0v) is 11.1. The highest BCUT2D eigenvalue weighted by Gasteiger charge is 2.19. The summed E-state index contributed by atoms with van der Waals surface area (Å²) in [5.74, 6) is 1.69. The number of anilines is 1. The summed E-state index contributed by atoms with van der Waals surface area (Å²) in [6.07, 6.45) is 5.45. The summed E-state index contributed by atoms with van der Waals surface area (Å²) in [7, 11) is 0. The first kappa shape index (κ1) is 11.7. The maximum Gasteiger partial charge on any atom is 0.226 e. The molecule has 0 saturated carbocycles. The molecular formula is C12H16ClN5. The van der Waals surface area contributed by atoms with Gasteiger partial charge in [-0.3, -0.25) is 5.10 Å². The van der Waals surface area contributed by atoms with Gasteiger partial charge in [0.05, 0.1) is 11.6 Å². The molecule has 1 fully saturated rings. The summed E-state index contributed by atoms with van der Waals surface area (Å²) in [6, 6.07) is 0. The Morgan fingerprint density at radius 2 is 2.22 bits per heavy atom. The van der Waals surface area contributed by atoms with Crippen molar-refractivity contribution in [3.63, 3.8) is 0 Å². The highest BCUT2D eigenvalue weighted by molar-refractivity contribution is 6.28. The Labute approximate surface area is 111 Å². The van der Waals surface area contributed by atoms with Crippen molar-refractivity contribution in [2.24, 2.45) is 5.92 Å². The molecule has 3 heterocycles. The van der Waals surface area contributed by atoms with Crippen molar-refractivity contribution < 1.29 is 0 Å². The zero-order chi connectivity index (χ0) is 12.5. The Morgan fingerprint density at radius 1 is 1.33 bits per heavy atom.